The average Bonchev–Trinajstić information content (AvgIpc) is 3.37. The Kier molecular flexibility index (Phi) is 7.23. The molecule has 1 aromatic rings. The molecular weight excluding hydrogens is 341 g/mol. The van der Waals surface area contributed by atoms with E-state index in [-0.39, 0.29) is 30.2 Å². The molecule has 1 aliphatic heterocycles. The summed E-state index contributed by atoms with van der Waals surface area (Å²) in [6.07, 6.45) is 2.26. The molecule has 0 spiro atoms. The normalized spacial score (nSPS) is 21.0. The Morgan fingerprint density at radius 1 is 1.40 bits per heavy atom. The molecule has 1 amide bonds. The van der Waals surface area contributed by atoms with E-state index in [0.29, 0.717) is 18.5 Å². The number of nitrogens with one attached hydrogen (secondary N) is 1. The van der Waals surface area contributed by atoms with E-state index in [0.717, 1.165) is 44.6 Å². The Morgan fingerprint density at radius 3 is 2.80 bits per heavy atom. The molecular formula is C19H29ClFN3O. The molecule has 1 saturated heterocycles. The van der Waals surface area contributed by atoms with Gasteiger partial charge in [0.1, 0.15) is 5.82 Å². The van der Waals surface area contributed by atoms with E-state index in [4.69, 9.17) is 0 Å². The fourth-order valence-corrected chi connectivity index (χ4v) is 3.48. The molecule has 1 saturated carbocycles. The molecule has 1 aromatic carbocycles. The van der Waals surface area contributed by atoms with Crippen LogP contribution >= 0.6 is 12.4 Å². The molecule has 1 aliphatic carbocycles. The van der Waals surface area contributed by atoms with Crippen molar-refractivity contribution in [1.82, 2.24) is 15.1 Å². The van der Waals surface area contributed by atoms with Crippen molar-refractivity contribution < 1.29 is 9.18 Å². The summed E-state index contributed by atoms with van der Waals surface area (Å²) in [7, 11) is 0. The summed E-state index contributed by atoms with van der Waals surface area (Å²) >= 11 is 0. The predicted molar refractivity (Wildman–Crippen MR) is 100 cm³/mol. The van der Waals surface area contributed by atoms with Crippen LogP contribution in [0.25, 0.3) is 0 Å². The van der Waals surface area contributed by atoms with E-state index in [1.807, 2.05) is 6.07 Å². The van der Waals surface area contributed by atoms with Crippen molar-refractivity contribution in [2.75, 3.05) is 32.7 Å². The molecule has 0 radical (unpaired) electrons. The van der Waals surface area contributed by atoms with Gasteiger partial charge in [-0.3, -0.25) is 9.69 Å². The fourth-order valence-electron chi connectivity index (χ4n) is 3.48. The first-order valence-corrected chi connectivity index (χ1v) is 9.04. The van der Waals surface area contributed by atoms with Crippen molar-refractivity contribution in [2.24, 2.45) is 5.92 Å². The van der Waals surface area contributed by atoms with E-state index in [9.17, 15) is 9.18 Å². The third kappa shape index (κ3) is 5.40. The van der Waals surface area contributed by atoms with Crippen LogP contribution in [0.15, 0.2) is 24.3 Å². The van der Waals surface area contributed by atoms with Crippen molar-refractivity contribution in [3.05, 3.63) is 35.6 Å². The first-order chi connectivity index (χ1) is 11.5. The molecule has 25 heavy (non-hydrogen) atoms. The molecule has 0 aromatic heterocycles. The fraction of sp³-hybridized carbons (Fsp3) is 0.632. The van der Waals surface area contributed by atoms with Gasteiger partial charge in [-0.25, -0.2) is 4.39 Å². The van der Waals surface area contributed by atoms with Crippen molar-refractivity contribution in [2.45, 2.75) is 38.8 Å². The largest absolute Gasteiger partial charge is 0.338 e. The Hall–Kier alpha value is -1.17. The van der Waals surface area contributed by atoms with Gasteiger partial charge >= 0.3 is 0 Å². The summed E-state index contributed by atoms with van der Waals surface area (Å²) in [6.45, 7) is 8.00. The second-order valence-electron chi connectivity index (χ2n) is 7.42. The maximum atomic E-state index is 13.6. The first kappa shape index (κ1) is 20.1. The zero-order chi connectivity index (χ0) is 17.1. The van der Waals surface area contributed by atoms with Gasteiger partial charge in [0.05, 0.1) is 6.54 Å². The number of hydrogen-bond acceptors (Lipinski definition) is 3. The lowest BCUT2D eigenvalue weighted by molar-refractivity contribution is -0.134. The van der Waals surface area contributed by atoms with E-state index in [2.05, 4.69) is 29.0 Å². The predicted octanol–water partition coefficient (Wildman–Crippen LogP) is 2.84. The molecule has 2 aliphatic rings. The molecule has 1 N–H and O–H groups in total. The van der Waals surface area contributed by atoms with Crippen LogP contribution in [0.2, 0.25) is 0 Å². The first-order valence-electron chi connectivity index (χ1n) is 9.04. The van der Waals surface area contributed by atoms with Gasteiger partial charge in [0.25, 0.3) is 0 Å². The maximum absolute atomic E-state index is 13.6. The summed E-state index contributed by atoms with van der Waals surface area (Å²) in [6, 6.07) is 7.24. The Labute approximate surface area is 156 Å². The SMILES string of the molecule is CC(C)CN(C(=O)CN1CCNCC1c1cccc(F)c1)C1CC1.Cl. The number of carbonyl (C=O) groups is 1. The molecule has 6 heteroatoms. The number of benzene rings is 1. The highest BCUT2D eigenvalue weighted by molar-refractivity contribution is 5.85. The molecule has 1 atom stereocenters. The summed E-state index contributed by atoms with van der Waals surface area (Å²) in [5.74, 6) is 0.481. The van der Waals surface area contributed by atoms with Crippen LogP contribution in [0.4, 0.5) is 4.39 Å². The minimum Gasteiger partial charge on any atom is -0.338 e. The zero-order valence-electron chi connectivity index (χ0n) is 15.1. The summed E-state index contributed by atoms with van der Waals surface area (Å²) in [5.41, 5.74) is 0.942. The Balaban J connectivity index is 0.00000225. The molecule has 0 bridgehead atoms. The second kappa shape index (κ2) is 8.97. The summed E-state index contributed by atoms with van der Waals surface area (Å²) in [4.78, 5) is 17.1. The number of hydrogen-bond donors (Lipinski definition) is 1. The lowest BCUT2D eigenvalue weighted by Gasteiger charge is -2.37. The smallest absolute Gasteiger partial charge is 0.237 e. The highest BCUT2D eigenvalue weighted by Crippen LogP contribution is 2.29. The van der Waals surface area contributed by atoms with Gasteiger partial charge in [0, 0.05) is 38.3 Å². The highest BCUT2D eigenvalue weighted by Gasteiger charge is 2.34. The molecule has 1 unspecified atom stereocenters. The number of amides is 1. The van der Waals surface area contributed by atoms with Crippen LogP contribution in [0.3, 0.4) is 0 Å². The minimum atomic E-state index is -0.219. The molecule has 4 nitrogen and oxygen atoms in total. The standard InChI is InChI=1S/C19H28FN3O.ClH/c1-14(2)12-23(17-6-7-17)19(24)13-22-9-8-21-11-18(22)15-4-3-5-16(20)10-15;/h3-5,10,14,17-18,21H,6-9,11-13H2,1-2H3;1H. The van der Waals surface area contributed by atoms with Crippen LogP contribution in [0.1, 0.15) is 38.3 Å². The lowest BCUT2D eigenvalue weighted by atomic mass is 10.0. The van der Waals surface area contributed by atoms with Crippen molar-refractivity contribution in [3.8, 4) is 0 Å². The van der Waals surface area contributed by atoms with Crippen LogP contribution < -0.4 is 5.32 Å². The number of rotatable bonds is 6. The third-order valence-corrected chi connectivity index (χ3v) is 4.80. The van der Waals surface area contributed by atoms with E-state index in [1.54, 1.807) is 12.1 Å². The third-order valence-electron chi connectivity index (χ3n) is 4.80. The Morgan fingerprint density at radius 2 is 2.16 bits per heavy atom. The zero-order valence-corrected chi connectivity index (χ0v) is 15.9. The van der Waals surface area contributed by atoms with Crippen LogP contribution in [-0.4, -0.2) is 54.5 Å². The number of nitrogens with zero attached hydrogens (tertiary/aromatic N) is 2. The highest BCUT2D eigenvalue weighted by atomic mass is 35.5. The van der Waals surface area contributed by atoms with Gasteiger partial charge < -0.3 is 10.2 Å². The number of halogens is 2. The molecule has 140 valence electrons. The van der Waals surface area contributed by atoms with Crippen LogP contribution in [0, 0.1) is 11.7 Å². The van der Waals surface area contributed by atoms with E-state index in [1.165, 1.54) is 6.07 Å². The maximum Gasteiger partial charge on any atom is 0.237 e. The van der Waals surface area contributed by atoms with Gasteiger partial charge in [0.15, 0.2) is 0 Å². The lowest BCUT2D eigenvalue weighted by Crippen LogP contribution is -2.51. The molecule has 3 rings (SSSR count). The quantitative estimate of drug-likeness (QED) is 0.837. The molecule has 2 fully saturated rings. The van der Waals surface area contributed by atoms with Crippen LogP contribution in [-0.2, 0) is 4.79 Å². The van der Waals surface area contributed by atoms with Gasteiger partial charge in [-0.15, -0.1) is 12.4 Å². The van der Waals surface area contributed by atoms with E-state index < -0.39 is 0 Å². The summed E-state index contributed by atoms with van der Waals surface area (Å²) in [5, 5.41) is 3.36. The monoisotopic (exact) mass is 369 g/mol. The number of piperazine rings is 1. The summed E-state index contributed by atoms with van der Waals surface area (Å²) < 4.78 is 13.6. The van der Waals surface area contributed by atoms with Gasteiger partial charge in [-0.1, -0.05) is 26.0 Å². The number of carbonyl (C=O) groups excluding carboxylic acids is 1. The topological polar surface area (TPSA) is 35.6 Å². The van der Waals surface area contributed by atoms with Crippen molar-refractivity contribution in [1.29, 1.82) is 0 Å². The van der Waals surface area contributed by atoms with Crippen molar-refractivity contribution >= 4 is 18.3 Å². The van der Waals surface area contributed by atoms with Crippen LogP contribution in [0.5, 0.6) is 0 Å². The van der Waals surface area contributed by atoms with Gasteiger partial charge in [-0.2, -0.15) is 0 Å². The molecule has 1 heterocycles. The van der Waals surface area contributed by atoms with Crippen molar-refractivity contribution in [3.63, 3.8) is 0 Å². The average molecular weight is 370 g/mol. The van der Waals surface area contributed by atoms with Gasteiger partial charge in [-0.05, 0) is 36.5 Å². The minimum absolute atomic E-state index is 0. The van der Waals surface area contributed by atoms with E-state index >= 15 is 0 Å². The Bertz CT molecular complexity index is 580. The second-order valence-corrected chi connectivity index (χ2v) is 7.42. The van der Waals surface area contributed by atoms with Gasteiger partial charge in [0.2, 0.25) is 5.91 Å².